The average Bonchev–Trinajstić information content (AvgIpc) is 2.79. The van der Waals surface area contributed by atoms with E-state index in [2.05, 4.69) is 15.6 Å². The van der Waals surface area contributed by atoms with Crippen LogP contribution in [0.25, 0.3) is 0 Å². The molecule has 7 nitrogen and oxygen atoms in total. The van der Waals surface area contributed by atoms with E-state index in [1.54, 1.807) is 18.3 Å². The number of nitrogens with two attached hydrogens (primary N) is 1. The van der Waals surface area contributed by atoms with Gasteiger partial charge in [-0.05, 0) is 29.7 Å². The SMILES string of the molecule is Cc1cccc([C@H](CNC(=O)[C@H](O)Cc2ccccc2)C(=O)NCc2ccc(N)nc2)c1. The molecule has 5 N–H and O–H groups in total. The molecule has 0 aliphatic carbocycles. The van der Waals surface area contributed by atoms with Gasteiger partial charge in [0.15, 0.2) is 0 Å². The zero-order valence-corrected chi connectivity index (χ0v) is 18.0. The molecule has 0 aliphatic rings. The third kappa shape index (κ3) is 6.65. The van der Waals surface area contributed by atoms with Crippen molar-refractivity contribution in [3.05, 3.63) is 95.2 Å². The number of nitrogens with one attached hydrogen (secondary N) is 2. The number of pyridine rings is 1. The molecule has 0 aliphatic heterocycles. The molecule has 0 saturated heterocycles. The van der Waals surface area contributed by atoms with Crippen LogP contribution in [0.3, 0.4) is 0 Å². The molecule has 0 radical (unpaired) electrons. The molecule has 2 amide bonds. The zero-order chi connectivity index (χ0) is 22.9. The van der Waals surface area contributed by atoms with E-state index in [9.17, 15) is 14.7 Å². The van der Waals surface area contributed by atoms with E-state index in [1.165, 1.54) is 0 Å². The first-order chi connectivity index (χ1) is 15.4. The van der Waals surface area contributed by atoms with Crippen molar-refractivity contribution in [1.82, 2.24) is 15.6 Å². The van der Waals surface area contributed by atoms with E-state index in [0.29, 0.717) is 12.4 Å². The number of carbonyl (C=O) groups is 2. The summed E-state index contributed by atoms with van der Waals surface area (Å²) in [5.41, 5.74) is 9.08. The van der Waals surface area contributed by atoms with E-state index in [-0.39, 0.29) is 18.9 Å². The van der Waals surface area contributed by atoms with Gasteiger partial charge in [0.05, 0.1) is 5.92 Å². The molecule has 2 aromatic carbocycles. The van der Waals surface area contributed by atoms with Gasteiger partial charge in [-0.3, -0.25) is 9.59 Å². The van der Waals surface area contributed by atoms with Gasteiger partial charge in [-0.25, -0.2) is 4.98 Å². The van der Waals surface area contributed by atoms with E-state index in [4.69, 9.17) is 5.73 Å². The summed E-state index contributed by atoms with van der Waals surface area (Å²) in [5, 5.41) is 15.9. The molecule has 32 heavy (non-hydrogen) atoms. The molecule has 166 valence electrons. The maximum Gasteiger partial charge on any atom is 0.249 e. The number of anilines is 1. The Morgan fingerprint density at radius 1 is 0.969 bits per heavy atom. The fraction of sp³-hybridized carbons (Fsp3) is 0.240. The molecule has 1 aromatic heterocycles. The second-order valence-electron chi connectivity index (χ2n) is 7.73. The second-order valence-corrected chi connectivity index (χ2v) is 7.73. The lowest BCUT2D eigenvalue weighted by Gasteiger charge is -2.20. The van der Waals surface area contributed by atoms with E-state index < -0.39 is 17.9 Å². The smallest absolute Gasteiger partial charge is 0.249 e. The van der Waals surface area contributed by atoms with Crippen LogP contribution in [0.2, 0.25) is 0 Å². The van der Waals surface area contributed by atoms with Gasteiger partial charge < -0.3 is 21.5 Å². The molecule has 1 heterocycles. The van der Waals surface area contributed by atoms with Crippen LogP contribution < -0.4 is 16.4 Å². The molecule has 3 aromatic rings. The van der Waals surface area contributed by atoms with E-state index >= 15 is 0 Å². The fourth-order valence-electron chi connectivity index (χ4n) is 3.35. The zero-order valence-electron chi connectivity index (χ0n) is 18.0. The minimum atomic E-state index is -1.19. The van der Waals surface area contributed by atoms with Crippen molar-refractivity contribution in [2.75, 3.05) is 12.3 Å². The first kappa shape index (κ1) is 23.0. The molecule has 0 unspecified atom stereocenters. The Kier molecular flexibility index (Phi) is 7.94. The number of rotatable bonds is 9. The van der Waals surface area contributed by atoms with Gasteiger partial charge in [0.2, 0.25) is 11.8 Å². The topological polar surface area (TPSA) is 117 Å². The van der Waals surface area contributed by atoms with Crippen molar-refractivity contribution in [1.29, 1.82) is 0 Å². The average molecular weight is 433 g/mol. The van der Waals surface area contributed by atoms with Crippen LogP contribution in [0.15, 0.2) is 72.9 Å². The third-order valence-electron chi connectivity index (χ3n) is 5.13. The van der Waals surface area contributed by atoms with Crippen LogP contribution >= 0.6 is 0 Å². The number of aliphatic hydroxyl groups is 1. The maximum atomic E-state index is 13.0. The summed E-state index contributed by atoms with van der Waals surface area (Å²) in [6.45, 7) is 2.31. The van der Waals surface area contributed by atoms with Crippen molar-refractivity contribution in [3.63, 3.8) is 0 Å². The Balaban J connectivity index is 1.65. The van der Waals surface area contributed by atoms with Gasteiger partial charge in [0.1, 0.15) is 11.9 Å². The molecule has 0 fully saturated rings. The van der Waals surface area contributed by atoms with Crippen LogP contribution in [0.1, 0.15) is 28.2 Å². The Morgan fingerprint density at radius 2 is 1.75 bits per heavy atom. The highest BCUT2D eigenvalue weighted by Gasteiger charge is 2.23. The quantitative estimate of drug-likeness (QED) is 0.413. The van der Waals surface area contributed by atoms with Gasteiger partial charge in [0, 0.05) is 25.7 Å². The van der Waals surface area contributed by atoms with Crippen LogP contribution in [0.4, 0.5) is 5.82 Å². The summed E-state index contributed by atoms with van der Waals surface area (Å²) in [6, 6.07) is 20.4. The number of amides is 2. The number of nitrogens with zero attached hydrogens (tertiary/aromatic N) is 1. The molecule has 0 saturated carbocycles. The standard InChI is InChI=1S/C25H28N4O3/c1-17-6-5-9-20(12-17)21(24(31)28-15-19-10-11-23(26)27-14-19)16-29-25(32)22(30)13-18-7-3-2-4-8-18/h2-12,14,21-22,30H,13,15-16H2,1H3,(H2,26,27)(H,28,31)(H,29,32)/t21-,22+/m0/s1. The fourth-order valence-corrected chi connectivity index (χ4v) is 3.35. The lowest BCUT2D eigenvalue weighted by molar-refractivity contribution is -0.129. The predicted molar refractivity (Wildman–Crippen MR) is 124 cm³/mol. The molecule has 3 rings (SSSR count). The third-order valence-corrected chi connectivity index (χ3v) is 5.13. The first-order valence-corrected chi connectivity index (χ1v) is 10.5. The molecule has 2 atom stereocenters. The highest BCUT2D eigenvalue weighted by atomic mass is 16.3. The lowest BCUT2D eigenvalue weighted by atomic mass is 9.96. The minimum Gasteiger partial charge on any atom is -0.384 e. The maximum absolute atomic E-state index is 13.0. The minimum absolute atomic E-state index is 0.0694. The summed E-state index contributed by atoms with van der Waals surface area (Å²) in [5.74, 6) is -0.939. The largest absolute Gasteiger partial charge is 0.384 e. The van der Waals surface area contributed by atoms with Gasteiger partial charge in [-0.1, -0.05) is 66.2 Å². The van der Waals surface area contributed by atoms with E-state index in [0.717, 1.165) is 22.3 Å². The highest BCUT2D eigenvalue weighted by molar-refractivity contribution is 5.86. The van der Waals surface area contributed by atoms with Crippen molar-refractivity contribution in [2.24, 2.45) is 0 Å². The van der Waals surface area contributed by atoms with Crippen LogP contribution in [0, 0.1) is 6.92 Å². The van der Waals surface area contributed by atoms with Crippen LogP contribution in [0.5, 0.6) is 0 Å². The Morgan fingerprint density at radius 3 is 2.44 bits per heavy atom. The number of benzene rings is 2. The number of aromatic nitrogens is 1. The number of hydrogen-bond donors (Lipinski definition) is 4. The number of aryl methyl sites for hydroxylation is 1. The Bertz CT molecular complexity index is 1040. The second kappa shape index (κ2) is 11.1. The van der Waals surface area contributed by atoms with Crippen LogP contribution in [-0.4, -0.2) is 34.6 Å². The molecule has 7 heteroatoms. The van der Waals surface area contributed by atoms with Crippen molar-refractivity contribution >= 4 is 17.6 Å². The molecule has 0 bridgehead atoms. The van der Waals surface area contributed by atoms with Gasteiger partial charge in [-0.2, -0.15) is 0 Å². The van der Waals surface area contributed by atoms with Crippen molar-refractivity contribution in [2.45, 2.75) is 31.9 Å². The summed E-state index contributed by atoms with van der Waals surface area (Å²) in [4.78, 5) is 29.5. The van der Waals surface area contributed by atoms with Gasteiger partial charge in [-0.15, -0.1) is 0 Å². The summed E-state index contributed by atoms with van der Waals surface area (Å²) in [7, 11) is 0. The Hall–Kier alpha value is -3.71. The predicted octanol–water partition coefficient (Wildman–Crippen LogP) is 2.09. The number of nitrogen functional groups attached to an aromatic ring is 1. The monoisotopic (exact) mass is 432 g/mol. The van der Waals surface area contributed by atoms with Gasteiger partial charge >= 0.3 is 0 Å². The number of hydrogen-bond acceptors (Lipinski definition) is 5. The number of aliphatic hydroxyl groups excluding tert-OH is 1. The molecule has 0 spiro atoms. The van der Waals surface area contributed by atoms with E-state index in [1.807, 2.05) is 61.5 Å². The lowest BCUT2D eigenvalue weighted by Crippen LogP contribution is -2.41. The summed E-state index contributed by atoms with van der Waals surface area (Å²) in [6.07, 6.45) is 0.622. The van der Waals surface area contributed by atoms with Crippen LogP contribution in [-0.2, 0) is 22.6 Å². The van der Waals surface area contributed by atoms with Gasteiger partial charge in [0.25, 0.3) is 0 Å². The highest BCUT2D eigenvalue weighted by Crippen LogP contribution is 2.17. The first-order valence-electron chi connectivity index (χ1n) is 10.5. The molecular formula is C25H28N4O3. The van der Waals surface area contributed by atoms with Crippen molar-refractivity contribution < 1.29 is 14.7 Å². The van der Waals surface area contributed by atoms with Crippen molar-refractivity contribution in [3.8, 4) is 0 Å². The Labute approximate surface area is 187 Å². The molecular weight excluding hydrogens is 404 g/mol. The normalized spacial score (nSPS) is 12.6. The summed E-state index contributed by atoms with van der Waals surface area (Å²) < 4.78 is 0. The number of carbonyl (C=O) groups excluding carboxylic acids is 2. The summed E-state index contributed by atoms with van der Waals surface area (Å²) >= 11 is 0.